The highest BCUT2D eigenvalue weighted by molar-refractivity contribution is 6.01. The lowest BCUT2D eigenvalue weighted by Crippen LogP contribution is -2.63. The summed E-state index contributed by atoms with van der Waals surface area (Å²) in [4.78, 5) is 223. The maximum absolute atomic E-state index is 14.8. The van der Waals surface area contributed by atoms with E-state index in [9.17, 15) is 97.1 Å². The first-order chi connectivity index (χ1) is 56.7. The highest BCUT2D eigenvalue weighted by Crippen LogP contribution is 2.22. The highest BCUT2D eigenvalue weighted by atomic mass is 16.4. The number of nitrogens with one attached hydrogen (secondary N) is 13. The van der Waals surface area contributed by atoms with Crippen LogP contribution < -0.4 is 86.3 Å². The molecule has 0 radical (unpaired) electrons. The minimum Gasteiger partial charge on any atom is -0.480 e. The number of carboxylic acid groups (broad SMARTS) is 1. The van der Waals surface area contributed by atoms with E-state index in [4.69, 9.17) is 17.2 Å². The Kier molecular flexibility index (Phi) is 43.4. The summed E-state index contributed by atoms with van der Waals surface area (Å²) in [5.41, 5.74) is 19.4. The molecule has 15 amide bonds. The second-order valence-corrected chi connectivity index (χ2v) is 31.9. The summed E-state index contributed by atoms with van der Waals surface area (Å²) in [7, 11) is 0. The van der Waals surface area contributed by atoms with Crippen LogP contribution in [0, 0.1) is 29.6 Å². The number of hydrogen-bond acceptors (Lipinski definition) is 21. The van der Waals surface area contributed by atoms with E-state index in [1.165, 1.54) is 6.92 Å². The number of nitrogens with zero attached hydrogens (tertiary/aromatic N) is 1. The topological polar surface area (TPSA) is 592 Å². The van der Waals surface area contributed by atoms with Gasteiger partial charge in [0.15, 0.2) is 0 Å². The van der Waals surface area contributed by atoms with Gasteiger partial charge in [0.2, 0.25) is 88.6 Å². The van der Waals surface area contributed by atoms with Crippen LogP contribution >= 0.6 is 0 Å². The molecule has 1 aliphatic heterocycles. The monoisotopic (exact) mass is 1680 g/mol. The van der Waals surface area contributed by atoms with Gasteiger partial charge >= 0.3 is 5.97 Å². The van der Waals surface area contributed by atoms with Gasteiger partial charge in [0.25, 0.3) is 0 Å². The minimum atomic E-state index is -1.73. The zero-order valence-electron chi connectivity index (χ0n) is 70.4. The lowest BCUT2D eigenvalue weighted by Gasteiger charge is -2.31. The predicted octanol–water partition coefficient (Wildman–Crippen LogP) is -2.74. The number of amides is 15. The smallest absolute Gasteiger partial charge is 0.326 e. The number of rotatable bonds is 52. The number of carbonyl (C=O) groups is 16. The van der Waals surface area contributed by atoms with Gasteiger partial charge < -0.3 is 112 Å². The van der Waals surface area contributed by atoms with E-state index < -0.39 is 236 Å². The Balaban J connectivity index is 1.45. The Morgan fingerprint density at radius 1 is 0.450 bits per heavy atom. The normalized spacial score (nSPS) is 16.4. The van der Waals surface area contributed by atoms with Gasteiger partial charge in [0.05, 0.1) is 31.9 Å². The number of likely N-dealkylation sites (tertiary alicyclic amines) is 1. The van der Waals surface area contributed by atoms with Crippen LogP contribution in [0.4, 0.5) is 0 Å². The molecule has 664 valence electrons. The molecule has 0 unspecified atom stereocenters. The Labute approximate surface area is 700 Å². The molecule has 1 fully saturated rings. The number of aliphatic hydroxyl groups is 3. The van der Waals surface area contributed by atoms with Crippen LogP contribution in [0.15, 0.2) is 91.0 Å². The maximum atomic E-state index is 14.8. The van der Waals surface area contributed by atoms with Crippen LogP contribution in [0.3, 0.4) is 0 Å². The number of unbranched alkanes of at least 4 members (excludes halogenated alkanes) is 1. The third-order valence-electron chi connectivity index (χ3n) is 20.3. The molecule has 37 heteroatoms. The predicted molar refractivity (Wildman–Crippen MR) is 442 cm³/mol. The van der Waals surface area contributed by atoms with Crippen molar-refractivity contribution >= 4 is 94.6 Å². The van der Waals surface area contributed by atoms with Crippen molar-refractivity contribution in [2.24, 2.45) is 46.8 Å². The van der Waals surface area contributed by atoms with Crippen LogP contribution in [0.25, 0.3) is 0 Å². The SMILES string of the molecule is CC[C@H](C)[C@H](NC(=O)[C@@H](NC(=O)[C@@H](NC(=O)[C@H](CCCCN)NC(=O)CNC(=O)[C@H](CO)NC(=O)[C@@H]1CCCN1C(=O)[C@H](Cc1ccccc1)NC(=O)[C@H](CCC(N)=O)NC(=O)[C@H](CO)NC(=O)[C@H](CC(C)C)NC(=O)[C@@H](N)Cc1ccccc1)C(C)C)C(C)C)C(=O)N[C@H](C(=O)N[C@@H](CC(C)C)C(=O)N[C@@H](Cc1ccccc1)C(=O)O)[C@@H](C)O. The molecule has 3 aromatic carbocycles. The second kappa shape index (κ2) is 51.5. The number of hydrogen-bond donors (Lipinski definition) is 20. The first kappa shape index (κ1) is 101. The fourth-order valence-corrected chi connectivity index (χ4v) is 13.3. The first-order valence-corrected chi connectivity index (χ1v) is 40.9. The number of primary amides is 1. The van der Waals surface area contributed by atoms with Crippen molar-refractivity contribution in [2.75, 3.05) is 32.8 Å². The molecule has 0 bridgehead atoms. The fourth-order valence-electron chi connectivity index (χ4n) is 13.3. The number of aliphatic carboxylic acids is 1. The van der Waals surface area contributed by atoms with Crippen LogP contribution in [-0.2, 0) is 96.0 Å². The van der Waals surface area contributed by atoms with Crippen molar-refractivity contribution in [3.05, 3.63) is 108 Å². The second-order valence-electron chi connectivity index (χ2n) is 31.9. The Bertz CT molecular complexity index is 3900. The van der Waals surface area contributed by atoms with E-state index in [-0.39, 0.29) is 82.7 Å². The molecule has 3 aromatic rings. The van der Waals surface area contributed by atoms with Gasteiger partial charge in [-0.05, 0) is 118 Å². The van der Waals surface area contributed by atoms with Gasteiger partial charge in [0, 0.05) is 25.8 Å². The molecule has 1 saturated heterocycles. The third kappa shape index (κ3) is 34.0. The average Bonchev–Trinajstić information content (AvgIpc) is 1.72. The number of aliphatic hydroxyl groups excluding tert-OH is 3. The Morgan fingerprint density at radius 3 is 1.32 bits per heavy atom. The molecule has 23 N–H and O–H groups in total. The van der Waals surface area contributed by atoms with Gasteiger partial charge in [-0.2, -0.15) is 0 Å². The van der Waals surface area contributed by atoms with Crippen molar-refractivity contribution in [3.63, 3.8) is 0 Å². The highest BCUT2D eigenvalue weighted by Gasteiger charge is 2.43. The van der Waals surface area contributed by atoms with E-state index in [1.54, 1.807) is 160 Å². The molecular weight excluding hydrogens is 1560 g/mol. The Hall–Kier alpha value is -11.0. The van der Waals surface area contributed by atoms with Crippen LogP contribution in [0.2, 0.25) is 0 Å². The summed E-state index contributed by atoms with van der Waals surface area (Å²) < 4.78 is 0. The van der Waals surface area contributed by atoms with Crippen molar-refractivity contribution in [1.82, 2.24) is 74.0 Å². The molecule has 0 spiro atoms. The molecule has 1 aliphatic rings. The van der Waals surface area contributed by atoms with Gasteiger partial charge in [0.1, 0.15) is 78.5 Å². The lowest BCUT2D eigenvalue weighted by molar-refractivity contribution is -0.142. The van der Waals surface area contributed by atoms with Gasteiger partial charge in [-0.3, -0.25) is 71.9 Å². The van der Waals surface area contributed by atoms with Crippen molar-refractivity contribution in [1.29, 1.82) is 0 Å². The lowest BCUT2D eigenvalue weighted by atomic mass is 9.95. The van der Waals surface area contributed by atoms with E-state index in [1.807, 2.05) is 0 Å². The summed E-state index contributed by atoms with van der Waals surface area (Å²) in [5, 5.41) is 74.9. The molecule has 0 aliphatic carbocycles. The van der Waals surface area contributed by atoms with Crippen LogP contribution in [0.1, 0.15) is 157 Å². The quantitative estimate of drug-likeness (QED) is 0.0255. The average molecular weight is 1680 g/mol. The zero-order chi connectivity index (χ0) is 89.6. The minimum absolute atomic E-state index is 0.0282. The summed E-state index contributed by atoms with van der Waals surface area (Å²) >= 11 is 0. The number of benzene rings is 3. The third-order valence-corrected chi connectivity index (χ3v) is 20.3. The molecule has 37 nitrogen and oxygen atoms in total. The fraction of sp³-hybridized carbons (Fsp3) is 0.590. The standard InChI is InChI=1S/C83H127N17O20/c1-12-49(10)68(80(116)99-69(50(11)103)81(117)91-58(38-46(4)5)74(110)93-60(83(119)120)41-53-29-20-15-21-30-53)98-79(115)67(48(8)9)97-78(114)66(47(6)7)96-73(109)55(31-22-23-35-84)88-65(105)42-87-71(107)61(43-101)95-77(113)63-32-24-36-100(63)82(118)59(40-52-27-18-14-19-28-52)92-72(108)56(33-34-64(86)104)89-76(112)62(44-102)94-75(111)57(37-45(2)3)90-70(106)54(85)39-51-25-16-13-17-26-51/h13-21,25-30,45-50,54-63,66-69,101-103H,12,22-24,31-44,84-85H2,1-11H3,(H2,86,104)(H,87,107)(H,88,105)(H,89,112)(H,90,106)(H,91,117)(H,92,108)(H,93,110)(H,94,111)(H,95,113)(H,96,109)(H,97,114)(H,98,115)(H,99,116)(H,119,120)/t49-,50+,54-,55-,56-,57-,58-,59-,60-,61-,62-,63-,66-,67-,68-,69-/m0/s1. The molecule has 0 saturated carbocycles. The number of carboxylic acids is 1. The van der Waals surface area contributed by atoms with E-state index in [0.29, 0.717) is 24.0 Å². The zero-order valence-corrected chi connectivity index (χ0v) is 70.4. The van der Waals surface area contributed by atoms with Crippen LogP contribution in [-0.4, -0.2) is 243 Å². The Morgan fingerprint density at radius 2 is 0.850 bits per heavy atom. The summed E-state index contributed by atoms with van der Waals surface area (Å²) in [6.07, 6.45) is -1.27. The molecule has 16 atom stereocenters. The molecule has 120 heavy (non-hydrogen) atoms. The van der Waals surface area contributed by atoms with E-state index in [0.717, 1.165) is 10.5 Å². The van der Waals surface area contributed by atoms with Gasteiger partial charge in [-0.1, -0.05) is 167 Å². The number of carbonyl (C=O) groups excluding carboxylic acids is 15. The summed E-state index contributed by atoms with van der Waals surface area (Å²) in [5.74, 6) is -17.2. The van der Waals surface area contributed by atoms with E-state index in [2.05, 4.69) is 69.1 Å². The summed E-state index contributed by atoms with van der Waals surface area (Å²) in [6, 6.07) is 5.78. The maximum Gasteiger partial charge on any atom is 0.326 e. The van der Waals surface area contributed by atoms with Crippen molar-refractivity contribution < 1.29 is 97.1 Å². The van der Waals surface area contributed by atoms with Gasteiger partial charge in [-0.15, -0.1) is 0 Å². The molecular formula is C83H127N17O20. The van der Waals surface area contributed by atoms with Crippen molar-refractivity contribution in [2.45, 2.75) is 250 Å². The van der Waals surface area contributed by atoms with Crippen molar-refractivity contribution in [3.8, 4) is 0 Å². The van der Waals surface area contributed by atoms with Gasteiger partial charge in [-0.25, -0.2) is 4.79 Å². The number of nitrogens with two attached hydrogens (primary N) is 3. The summed E-state index contributed by atoms with van der Waals surface area (Å²) in [6.45, 7) is 15.4. The largest absolute Gasteiger partial charge is 0.480 e. The molecule has 0 aromatic heterocycles. The molecule has 4 rings (SSSR count). The van der Waals surface area contributed by atoms with E-state index >= 15 is 0 Å². The van der Waals surface area contributed by atoms with Crippen LogP contribution in [0.5, 0.6) is 0 Å². The molecule has 1 heterocycles. The first-order valence-electron chi connectivity index (χ1n) is 40.9.